The van der Waals surface area contributed by atoms with E-state index in [1.807, 2.05) is 0 Å². The molecule has 0 amide bonds. The highest BCUT2D eigenvalue weighted by Gasteiger charge is 2.03. The number of hydrogen-bond acceptors (Lipinski definition) is 3. The number of esters is 1. The van der Waals surface area contributed by atoms with E-state index in [9.17, 15) is 18.4 Å². The normalized spacial score (nSPS) is 8.81. The Hall–Kier alpha value is -1.30. The molecule has 1 aromatic carbocycles. The minimum absolute atomic E-state index is 0.111. The molecule has 0 bridgehead atoms. The van der Waals surface area contributed by atoms with Crippen LogP contribution in [-0.2, 0) is 14.3 Å². The molecule has 0 atom stereocenters. The van der Waals surface area contributed by atoms with Crippen LogP contribution < -0.4 is 0 Å². The van der Waals surface area contributed by atoms with Crippen molar-refractivity contribution < 1.29 is 23.1 Å². The van der Waals surface area contributed by atoms with Gasteiger partial charge in [0.05, 0.1) is 7.11 Å². The molecule has 3 nitrogen and oxygen atoms in total. The molecule has 0 aromatic heterocycles. The van der Waals surface area contributed by atoms with E-state index in [1.54, 1.807) is 6.92 Å². The zero-order valence-corrected chi connectivity index (χ0v) is 10.2. The van der Waals surface area contributed by atoms with Crippen molar-refractivity contribution in [3.8, 4) is 0 Å². The van der Waals surface area contributed by atoms with E-state index in [0.717, 1.165) is 13.2 Å². The predicted octanol–water partition coefficient (Wildman–Crippen LogP) is 2.39. The summed E-state index contributed by atoms with van der Waals surface area (Å²) < 4.78 is 29.3. The average Bonchev–Trinajstić information content (AvgIpc) is 2.25. The van der Waals surface area contributed by atoms with Gasteiger partial charge in [-0.3, -0.25) is 4.79 Å². The summed E-state index contributed by atoms with van der Waals surface area (Å²) >= 11 is 3.02. The van der Waals surface area contributed by atoms with E-state index in [-0.39, 0.29) is 6.29 Å². The van der Waals surface area contributed by atoms with Crippen molar-refractivity contribution in [2.75, 3.05) is 7.11 Å². The molecule has 1 aromatic rings. The minimum Gasteiger partial charge on any atom is -0.463 e. The van der Waals surface area contributed by atoms with E-state index in [0.29, 0.717) is 10.0 Å². The third-order valence-corrected chi connectivity index (χ3v) is 2.37. The summed E-state index contributed by atoms with van der Waals surface area (Å²) in [6.07, 6.45) is 0.111. The predicted molar refractivity (Wildman–Crippen MR) is 56.9 cm³/mol. The lowest BCUT2D eigenvalue weighted by Gasteiger charge is -1.98. The second-order valence-corrected chi connectivity index (χ2v) is 3.49. The third kappa shape index (κ3) is 4.97. The van der Waals surface area contributed by atoms with Crippen LogP contribution in [0.1, 0.15) is 5.56 Å². The van der Waals surface area contributed by atoms with Crippen molar-refractivity contribution in [1.82, 2.24) is 0 Å². The summed E-state index contributed by atoms with van der Waals surface area (Å²) in [6, 6.07) is 2.10. The van der Waals surface area contributed by atoms with E-state index in [1.165, 1.54) is 6.07 Å². The van der Waals surface area contributed by atoms with Gasteiger partial charge in [-0.1, -0.05) is 15.9 Å². The zero-order valence-electron chi connectivity index (χ0n) is 8.59. The Morgan fingerprint density at radius 1 is 1.44 bits per heavy atom. The minimum atomic E-state index is -0.838. The maximum absolute atomic E-state index is 12.6. The number of aldehydes is 1. The van der Waals surface area contributed by atoms with E-state index in [2.05, 4.69) is 20.7 Å². The Morgan fingerprint density at radius 3 is 2.31 bits per heavy atom. The molecule has 0 aliphatic heterocycles. The first kappa shape index (κ1) is 14.7. The van der Waals surface area contributed by atoms with Crippen LogP contribution in [0.5, 0.6) is 0 Å². The summed E-state index contributed by atoms with van der Waals surface area (Å²) in [5, 5.41) is 0. The Bertz CT molecular complexity index is 371. The number of carbonyl (C=O) groups excluding carboxylic acids is 2. The number of halogens is 3. The Morgan fingerprint density at radius 2 is 2.00 bits per heavy atom. The maximum atomic E-state index is 12.6. The topological polar surface area (TPSA) is 43.4 Å². The van der Waals surface area contributed by atoms with Crippen LogP contribution in [-0.4, -0.2) is 19.4 Å². The summed E-state index contributed by atoms with van der Waals surface area (Å²) in [5.74, 6) is -1.92. The van der Waals surface area contributed by atoms with Gasteiger partial charge >= 0.3 is 5.97 Å². The second-order valence-electron chi connectivity index (χ2n) is 2.64. The van der Waals surface area contributed by atoms with Gasteiger partial charge < -0.3 is 4.74 Å². The number of methoxy groups -OCH3 is 1. The molecule has 88 valence electrons. The molecule has 0 aliphatic rings. The fraction of sp³-hybridized carbons (Fsp3) is 0.200. The van der Waals surface area contributed by atoms with Gasteiger partial charge in [0.2, 0.25) is 6.29 Å². The lowest BCUT2D eigenvalue weighted by atomic mass is 10.2. The molecule has 0 spiro atoms. The molecule has 6 heteroatoms. The number of hydrogen-bond donors (Lipinski definition) is 0. The molecule has 0 N–H and O–H groups in total. The average molecular weight is 295 g/mol. The first-order valence-corrected chi connectivity index (χ1v) is 4.86. The van der Waals surface area contributed by atoms with Gasteiger partial charge in [0.1, 0.15) is 11.6 Å². The number of benzene rings is 1. The molecule has 1 rings (SSSR count). The smallest absolute Gasteiger partial charge is 0.371 e. The summed E-state index contributed by atoms with van der Waals surface area (Å²) in [5.41, 5.74) is 0.432. The van der Waals surface area contributed by atoms with E-state index in [4.69, 9.17) is 0 Å². The van der Waals surface area contributed by atoms with Crippen molar-refractivity contribution in [1.29, 1.82) is 0 Å². The van der Waals surface area contributed by atoms with Crippen molar-refractivity contribution in [3.05, 3.63) is 33.8 Å². The molecule has 0 aliphatic carbocycles. The van der Waals surface area contributed by atoms with Crippen LogP contribution in [0.2, 0.25) is 0 Å². The van der Waals surface area contributed by atoms with Crippen molar-refractivity contribution in [3.63, 3.8) is 0 Å². The van der Waals surface area contributed by atoms with Crippen LogP contribution in [0.3, 0.4) is 0 Å². The first-order chi connectivity index (χ1) is 7.42. The highest BCUT2D eigenvalue weighted by atomic mass is 79.9. The van der Waals surface area contributed by atoms with Gasteiger partial charge in [-0.2, -0.15) is 0 Å². The molecule has 0 fully saturated rings. The molecular formula is C10H9BrF2O3. The Kier molecular flexibility index (Phi) is 6.48. The van der Waals surface area contributed by atoms with E-state index >= 15 is 0 Å². The van der Waals surface area contributed by atoms with Crippen molar-refractivity contribution in [2.24, 2.45) is 0 Å². The fourth-order valence-corrected chi connectivity index (χ4v) is 1.07. The van der Waals surface area contributed by atoms with Gasteiger partial charge in [0, 0.05) is 10.5 Å². The van der Waals surface area contributed by atoms with Gasteiger partial charge in [0.15, 0.2) is 0 Å². The largest absolute Gasteiger partial charge is 0.463 e. The maximum Gasteiger partial charge on any atom is 0.371 e. The van der Waals surface area contributed by atoms with Crippen molar-refractivity contribution in [2.45, 2.75) is 6.92 Å². The molecular weight excluding hydrogens is 286 g/mol. The molecule has 0 heterocycles. The van der Waals surface area contributed by atoms with Crippen LogP contribution in [0.25, 0.3) is 0 Å². The molecule has 16 heavy (non-hydrogen) atoms. The van der Waals surface area contributed by atoms with Crippen LogP contribution in [0, 0.1) is 18.6 Å². The number of ether oxygens (including phenoxy) is 1. The standard InChI is InChI=1S/C7H5BrF2.C3H4O3/c1-4-6(8)2-5(9)3-7(4)10;1-6-3(5)2-4/h2-3H,1H3;2H,1H3. The monoisotopic (exact) mass is 294 g/mol. The Balaban J connectivity index is 0.000000325. The summed E-state index contributed by atoms with van der Waals surface area (Å²) in [6.45, 7) is 1.58. The van der Waals surface area contributed by atoms with Gasteiger partial charge in [-0.25, -0.2) is 13.6 Å². The molecule has 0 unspecified atom stereocenters. The quantitative estimate of drug-likeness (QED) is 0.454. The number of carbonyl (C=O) groups is 2. The van der Waals surface area contributed by atoms with Crippen LogP contribution in [0.4, 0.5) is 8.78 Å². The number of rotatable bonds is 1. The van der Waals surface area contributed by atoms with Crippen molar-refractivity contribution >= 4 is 28.2 Å². The van der Waals surface area contributed by atoms with Crippen LogP contribution in [0.15, 0.2) is 16.6 Å². The Labute approximate surface area is 99.5 Å². The molecule has 0 saturated carbocycles. The third-order valence-electron chi connectivity index (χ3n) is 1.54. The molecule has 0 saturated heterocycles. The molecule has 0 radical (unpaired) electrons. The van der Waals surface area contributed by atoms with Gasteiger partial charge in [-0.15, -0.1) is 0 Å². The first-order valence-electron chi connectivity index (χ1n) is 4.06. The summed E-state index contributed by atoms with van der Waals surface area (Å²) in [7, 11) is 1.15. The lowest BCUT2D eigenvalue weighted by Crippen LogP contribution is -1.98. The second kappa shape index (κ2) is 7.05. The van der Waals surface area contributed by atoms with Gasteiger partial charge in [0.25, 0.3) is 0 Å². The van der Waals surface area contributed by atoms with E-state index < -0.39 is 17.6 Å². The lowest BCUT2D eigenvalue weighted by molar-refractivity contribution is -0.146. The van der Waals surface area contributed by atoms with Crippen LogP contribution >= 0.6 is 15.9 Å². The highest BCUT2D eigenvalue weighted by Crippen LogP contribution is 2.19. The summed E-state index contributed by atoms with van der Waals surface area (Å²) in [4.78, 5) is 18.9. The zero-order chi connectivity index (χ0) is 12.7. The highest BCUT2D eigenvalue weighted by molar-refractivity contribution is 9.10. The fourth-order valence-electron chi connectivity index (χ4n) is 0.662. The SMILES string of the molecule is COC(=O)C=O.Cc1c(F)cc(F)cc1Br. The van der Waals surface area contributed by atoms with Gasteiger partial charge in [-0.05, 0) is 18.6 Å².